The molecule has 1 aliphatic rings. The molecule has 1 fully saturated rings. The average molecular weight is 205 g/mol. The highest BCUT2D eigenvalue weighted by Gasteiger charge is 2.12. The van der Waals surface area contributed by atoms with Crippen LogP contribution in [0.3, 0.4) is 0 Å². The SMILES string of the molecule is CC.CCC(O)CN1CCSCC1. The molecule has 0 aromatic heterocycles. The Bertz CT molecular complexity index is 105. The van der Waals surface area contributed by atoms with Crippen molar-refractivity contribution in [3.63, 3.8) is 0 Å². The van der Waals surface area contributed by atoms with E-state index in [4.69, 9.17) is 0 Å². The van der Waals surface area contributed by atoms with Gasteiger partial charge in [-0.05, 0) is 6.42 Å². The fourth-order valence-corrected chi connectivity index (χ4v) is 2.19. The van der Waals surface area contributed by atoms with Gasteiger partial charge in [-0.3, -0.25) is 4.90 Å². The number of hydrogen-bond acceptors (Lipinski definition) is 3. The van der Waals surface area contributed by atoms with Gasteiger partial charge in [0.15, 0.2) is 0 Å². The lowest BCUT2D eigenvalue weighted by molar-refractivity contribution is 0.115. The fraction of sp³-hybridized carbons (Fsp3) is 1.00. The van der Waals surface area contributed by atoms with E-state index in [0.717, 1.165) is 26.1 Å². The van der Waals surface area contributed by atoms with E-state index in [2.05, 4.69) is 4.90 Å². The Hall–Kier alpha value is 0.270. The summed E-state index contributed by atoms with van der Waals surface area (Å²) in [6, 6.07) is 0. The summed E-state index contributed by atoms with van der Waals surface area (Å²) in [6.07, 6.45) is 0.766. The molecule has 2 nitrogen and oxygen atoms in total. The molecular weight excluding hydrogens is 182 g/mol. The lowest BCUT2D eigenvalue weighted by Crippen LogP contribution is -2.38. The zero-order chi connectivity index (χ0) is 10.1. The molecule has 0 saturated carbocycles. The van der Waals surface area contributed by atoms with E-state index in [1.807, 2.05) is 32.5 Å². The van der Waals surface area contributed by atoms with Crippen molar-refractivity contribution >= 4 is 11.8 Å². The van der Waals surface area contributed by atoms with Crippen molar-refractivity contribution in [3.05, 3.63) is 0 Å². The predicted molar refractivity (Wildman–Crippen MR) is 61.4 cm³/mol. The van der Waals surface area contributed by atoms with Crippen LogP contribution in [0.5, 0.6) is 0 Å². The van der Waals surface area contributed by atoms with E-state index in [1.54, 1.807) is 0 Å². The van der Waals surface area contributed by atoms with E-state index in [1.165, 1.54) is 11.5 Å². The molecule has 0 aliphatic carbocycles. The number of hydrogen-bond donors (Lipinski definition) is 1. The minimum absolute atomic E-state index is 0.113. The number of nitrogens with zero attached hydrogens (tertiary/aromatic N) is 1. The van der Waals surface area contributed by atoms with E-state index in [0.29, 0.717) is 0 Å². The van der Waals surface area contributed by atoms with Crippen LogP contribution in [0.25, 0.3) is 0 Å². The van der Waals surface area contributed by atoms with Gasteiger partial charge in [-0.15, -0.1) is 0 Å². The molecule has 13 heavy (non-hydrogen) atoms. The molecule has 1 saturated heterocycles. The molecule has 0 radical (unpaired) electrons. The first-order valence-electron chi connectivity index (χ1n) is 5.31. The summed E-state index contributed by atoms with van der Waals surface area (Å²) in [6.45, 7) is 9.21. The van der Waals surface area contributed by atoms with Crippen LogP contribution in [-0.2, 0) is 0 Å². The molecule has 1 atom stereocenters. The first kappa shape index (κ1) is 13.3. The monoisotopic (exact) mass is 205 g/mol. The van der Waals surface area contributed by atoms with Crippen LogP contribution in [0.15, 0.2) is 0 Å². The Morgan fingerprint density at radius 3 is 2.31 bits per heavy atom. The average Bonchev–Trinajstić information content (AvgIpc) is 2.22. The minimum atomic E-state index is -0.113. The van der Waals surface area contributed by atoms with E-state index < -0.39 is 0 Å². The van der Waals surface area contributed by atoms with Gasteiger partial charge in [0, 0.05) is 31.1 Å². The topological polar surface area (TPSA) is 23.5 Å². The summed E-state index contributed by atoms with van der Waals surface area (Å²) in [5.41, 5.74) is 0. The third-order valence-corrected chi connectivity index (χ3v) is 2.99. The third-order valence-electron chi connectivity index (χ3n) is 2.04. The standard InChI is InChI=1S/C8H17NOS.C2H6/c1-2-8(10)7-9-3-5-11-6-4-9;1-2/h8,10H,2-7H2,1H3;1-2H3. The number of rotatable bonds is 3. The Labute approximate surface area is 86.7 Å². The molecule has 0 amide bonds. The normalized spacial score (nSPS) is 20.3. The third kappa shape index (κ3) is 6.36. The molecule has 1 N–H and O–H groups in total. The summed E-state index contributed by atoms with van der Waals surface area (Å²) >= 11 is 2.01. The summed E-state index contributed by atoms with van der Waals surface area (Å²) in [5, 5.41) is 9.36. The molecule has 0 bridgehead atoms. The number of thioether (sulfide) groups is 1. The Morgan fingerprint density at radius 1 is 1.31 bits per heavy atom. The van der Waals surface area contributed by atoms with Crippen molar-refractivity contribution in [3.8, 4) is 0 Å². The minimum Gasteiger partial charge on any atom is -0.392 e. The van der Waals surface area contributed by atoms with Crippen molar-refractivity contribution in [1.82, 2.24) is 4.90 Å². The molecular formula is C10H23NOS. The highest BCUT2D eigenvalue weighted by atomic mass is 32.2. The molecule has 1 aliphatic heterocycles. The largest absolute Gasteiger partial charge is 0.392 e. The maximum Gasteiger partial charge on any atom is 0.0664 e. The van der Waals surface area contributed by atoms with Crippen LogP contribution in [-0.4, -0.2) is 47.3 Å². The highest BCUT2D eigenvalue weighted by molar-refractivity contribution is 7.99. The smallest absolute Gasteiger partial charge is 0.0664 e. The van der Waals surface area contributed by atoms with E-state index in [9.17, 15) is 5.11 Å². The van der Waals surface area contributed by atoms with Gasteiger partial charge in [0.05, 0.1) is 6.10 Å². The van der Waals surface area contributed by atoms with Crippen molar-refractivity contribution in [1.29, 1.82) is 0 Å². The molecule has 1 unspecified atom stereocenters. The molecule has 3 heteroatoms. The lowest BCUT2D eigenvalue weighted by atomic mass is 10.2. The number of β-amino-alcohol motifs (C(OH)–C–C–N with tert-alkyl or cyclic N) is 1. The second kappa shape index (κ2) is 8.85. The first-order valence-corrected chi connectivity index (χ1v) is 6.46. The zero-order valence-corrected chi connectivity index (χ0v) is 9.94. The van der Waals surface area contributed by atoms with Crippen molar-refractivity contribution < 1.29 is 5.11 Å². The van der Waals surface area contributed by atoms with Gasteiger partial charge in [0.25, 0.3) is 0 Å². The van der Waals surface area contributed by atoms with E-state index in [-0.39, 0.29) is 6.10 Å². The highest BCUT2D eigenvalue weighted by Crippen LogP contribution is 2.09. The summed E-state index contributed by atoms with van der Waals surface area (Å²) < 4.78 is 0. The van der Waals surface area contributed by atoms with Crippen molar-refractivity contribution in [2.45, 2.75) is 33.3 Å². The number of aliphatic hydroxyl groups excluding tert-OH is 1. The van der Waals surface area contributed by atoms with Crippen molar-refractivity contribution in [2.24, 2.45) is 0 Å². The second-order valence-electron chi connectivity index (χ2n) is 2.98. The summed E-state index contributed by atoms with van der Waals surface area (Å²) in [4.78, 5) is 2.35. The second-order valence-corrected chi connectivity index (χ2v) is 4.20. The Kier molecular flexibility index (Phi) is 9.03. The number of aliphatic hydroxyl groups is 1. The van der Waals surface area contributed by atoms with Gasteiger partial charge < -0.3 is 5.11 Å². The summed E-state index contributed by atoms with van der Waals surface area (Å²) in [5.74, 6) is 2.47. The van der Waals surface area contributed by atoms with Crippen LogP contribution < -0.4 is 0 Å². The van der Waals surface area contributed by atoms with Crippen LogP contribution >= 0.6 is 11.8 Å². The molecule has 0 aromatic rings. The zero-order valence-electron chi connectivity index (χ0n) is 9.12. The Balaban J connectivity index is 0.000000671. The van der Waals surface area contributed by atoms with Crippen LogP contribution in [0.1, 0.15) is 27.2 Å². The lowest BCUT2D eigenvalue weighted by Gasteiger charge is -2.27. The van der Waals surface area contributed by atoms with Gasteiger partial charge in [0.2, 0.25) is 0 Å². The maximum atomic E-state index is 9.36. The quantitative estimate of drug-likeness (QED) is 0.760. The van der Waals surface area contributed by atoms with Gasteiger partial charge in [-0.1, -0.05) is 20.8 Å². The predicted octanol–water partition coefficient (Wildman–Crippen LogP) is 1.83. The first-order chi connectivity index (χ1) is 6.33. The maximum absolute atomic E-state index is 9.36. The van der Waals surface area contributed by atoms with Crippen LogP contribution in [0.4, 0.5) is 0 Å². The molecule has 0 spiro atoms. The van der Waals surface area contributed by atoms with E-state index >= 15 is 0 Å². The van der Waals surface area contributed by atoms with Gasteiger partial charge in [-0.25, -0.2) is 0 Å². The fourth-order valence-electron chi connectivity index (χ4n) is 1.21. The van der Waals surface area contributed by atoms with Crippen LogP contribution in [0, 0.1) is 0 Å². The molecule has 0 aromatic carbocycles. The van der Waals surface area contributed by atoms with Gasteiger partial charge >= 0.3 is 0 Å². The Morgan fingerprint density at radius 2 is 1.85 bits per heavy atom. The van der Waals surface area contributed by atoms with Gasteiger partial charge in [-0.2, -0.15) is 11.8 Å². The molecule has 1 rings (SSSR count). The molecule has 1 heterocycles. The van der Waals surface area contributed by atoms with Gasteiger partial charge in [0.1, 0.15) is 0 Å². The van der Waals surface area contributed by atoms with Crippen LogP contribution in [0.2, 0.25) is 0 Å². The summed E-state index contributed by atoms with van der Waals surface area (Å²) in [7, 11) is 0. The van der Waals surface area contributed by atoms with Crippen molar-refractivity contribution in [2.75, 3.05) is 31.1 Å². The molecule has 80 valence electrons.